The monoisotopic (exact) mass is 631 g/mol. The number of nitrogens with one attached hydrogen (secondary N) is 1. The zero-order chi connectivity index (χ0) is 27.8. The molecule has 204 valence electrons. The van der Waals surface area contributed by atoms with E-state index in [-0.39, 0.29) is 5.56 Å². The number of piperazine rings is 1. The number of halogens is 2. The highest BCUT2D eigenvalue weighted by molar-refractivity contribution is 9.10. The van der Waals surface area contributed by atoms with Gasteiger partial charge in [-0.05, 0) is 48.1 Å². The number of methoxy groups -OCH3 is 1. The third-order valence-electron chi connectivity index (χ3n) is 6.83. The van der Waals surface area contributed by atoms with E-state index in [0.29, 0.717) is 71.4 Å². The Morgan fingerprint density at radius 2 is 1.77 bits per heavy atom. The number of aryl methyl sites for hydroxylation is 1. The smallest absolute Gasteiger partial charge is 0.332 e. The number of benzene rings is 2. The van der Waals surface area contributed by atoms with E-state index >= 15 is 0 Å². The van der Waals surface area contributed by atoms with Crippen molar-refractivity contribution in [1.82, 2.24) is 23.6 Å². The lowest BCUT2D eigenvalue weighted by atomic mass is 10.2. The Balaban J connectivity index is 1.44. The molecule has 2 aromatic heterocycles. The lowest BCUT2D eigenvalue weighted by Crippen LogP contribution is -2.50. The second kappa shape index (κ2) is 11.0. The Labute approximate surface area is 243 Å². The van der Waals surface area contributed by atoms with E-state index in [1.54, 1.807) is 32.4 Å². The summed E-state index contributed by atoms with van der Waals surface area (Å²) < 4.78 is 10.8. The van der Waals surface area contributed by atoms with Gasteiger partial charge in [-0.3, -0.25) is 18.5 Å². The molecule has 39 heavy (non-hydrogen) atoms. The van der Waals surface area contributed by atoms with E-state index in [1.807, 2.05) is 28.8 Å². The molecule has 10 nitrogen and oxygen atoms in total. The maximum Gasteiger partial charge on any atom is 0.332 e. The van der Waals surface area contributed by atoms with Crippen molar-refractivity contribution in [3.8, 4) is 5.75 Å². The molecule has 0 amide bonds. The molecular formula is C26H27BrClN7O3S. The summed E-state index contributed by atoms with van der Waals surface area (Å²) >= 11 is 15.3. The summed E-state index contributed by atoms with van der Waals surface area (Å²) in [6.45, 7) is 2.93. The quantitative estimate of drug-likeness (QED) is 0.335. The lowest BCUT2D eigenvalue weighted by Gasteiger charge is -2.37. The minimum absolute atomic E-state index is 0.364. The molecule has 2 aromatic carbocycles. The third-order valence-corrected chi connectivity index (χ3v) is 7.96. The van der Waals surface area contributed by atoms with Crippen LogP contribution in [0.3, 0.4) is 0 Å². The summed E-state index contributed by atoms with van der Waals surface area (Å²) in [7, 11) is 4.72. The summed E-state index contributed by atoms with van der Waals surface area (Å²) in [6, 6.07) is 13.2. The van der Waals surface area contributed by atoms with Crippen molar-refractivity contribution < 1.29 is 4.74 Å². The van der Waals surface area contributed by atoms with Gasteiger partial charge in [0.05, 0.1) is 19.3 Å². The number of nitrogens with zero attached hydrogens (tertiary/aromatic N) is 6. The van der Waals surface area contributed by atoms with E-state index in [1.165, 1.54) is 11.6 Å². The van der Waals surface area contributed by atoms with Gasteiger partial charge in [-0.2, -0.15) is 4.98 Å². The highest BCUT2D eigenvalue weighted by Gasteiger charge is 2.27. The Morgan fingerprint density at radius 3 is 2.44 bits per heavy atom. The molecule has 0 aliphatic carbocycles. The van der Waals surface area contributed by atoms with Crippen LogP contribution in [0.15, 0.2) is 56.5 Å². The molecule has 1 N–H and O–H groups in total. The molecule has 3 heterocycles. The Hall–Kier alpha value is -3.35. The Morgan fingerprint density at radius 1 is 1.08 bits per heavy atom. The van der Waals surface area contributed by atoms with Crippen molar-refractivity contribution in [3.63, 3.8) is 0 Å². The van der Waals surface area contributed by atoms with Gasteiger partial charge in [0.25, 0.3) is 5.56 Å². The minimum Gasteiger partial charge on any atom is -0.495 e. The molecule has 13 heteroatoms. The van der Waals surface area contributed by atoms with Gasteiger partial charge in [0, 0.05) is 49.8 Å². The van der Waals surface area contributed by atoms with Crippen molar-refractivity contribution in [3.05, 3.63) is 78.4 Å². The van der Waals surface area contributed by atoms with Gasteiger partial charge in [0.1, 0.15) is 5.75 Å². The van der Waals surface area contributed by atoms with Crippen LogP contribution in [0.1, 0.15) is 5.56 Å². The zero-order valence-electron chi connectivity index (χ0n) is 21.6. The first-order valence-corrected chi connectivity index (χ1v) is 13.8. The summed E-state index contributed by atoms with van der Waals surface area (Å²) in [4.78, 5) is 34.9. The average molecular weight is 633 g/mol. The van der Waals surface area contributed by atoms with E-state index in [4.69, 9.17) is 33.5 Å². The number of aromatic nitrogens is 4. The fraction of sp³-hybridized carbons (Fsp3) is 0.308. The van der Waals surface area contributed by atoms with Gasteiger partial charge in [-0.25, -0.2) is 4.79 Å². The summed E-state index contributed by atoms with van der Waals surface area (Å²) in [6.07, 6.45) is 0. The number of thiocarbonyl (C=S) groups is 1. The van der Waals surface area contributed by atoms with Crippen LogP contribution < -0.4 is 26.2 Å². The van der Waals surface area contributed by atoms with Gasteiger partial charge in [0.15, 0.2) is 16.3 Å². The maximum absolute atomic E-state index is 13.3. The number of ether oxygens (including phenoxy) is 1. The lowest BCUT2D eigenvalue weighted by molar-refractivity contribution is 0.386. The first-order valence-electron chi connectivity index (χ1n) is 12.2. The zero-order valence-corrected chi connectivity index (χ0v) is 24.8. The van der Waals surface area contributed by atoms with Crippen LogP contribution in [0.25, 0.3) is 11.2 Å². The average Bonchev–Trinajstić information content (AvgIpc) is 3.31. The van der Waals surface area contributed by atoms with Crippen LogP contribution in [0, 0.1) is 0 Å². The largest absolute Gasteiger partial charge is 0.495 e. The standard InChI is InChI=1S/C26H27BrClN7O3S/c1-31-22-21(23(36)32(2)26(31)37)35(15-16-4-6-17(27)7-5-16)24(30-22)33-10-12-34(13-11-33)25(39)29-19-14-18(28)8-9-20(19)38-3/h4-9,14H,10-13,15H2,1-3H3,(H,29,39). The van der Waals surface area contributed by atoms with Crippen molar-refractivity contribution in [2.45, 2.75) is 6.54 Å². The summed E-state index contributed by atoms with van der Waals surface area (Å²) in [5, 5.41) is 4.39. The molecule has 0 atom stereocenters. The molecule has 1 fully saturated rings. The molecule has 1 aliphatic rings. The third kappa shape index (κ3) is 5.28. The van der Waals surface area contributed by atoms with E-state index in [9.17, 15) is 9.59 Å². The van der Waals surface area contributed by atoms with Crippen LogP contribution in [0.5, 0.6) is 5.75 Å². The number of anilines is 2. The maximum atomic E-state index is 13.3. The van der Waals surface area contributed by atoms with E-state index in [0.717, 1.165) is 14.6 Å². The number of imidazole rings is 1. The minimum atomic E-state index is -0.412. The number of hydrogen-bond acceptors (Lipinski definition) is 6. The van der Waals surface area contributed by atoms with Crippen molar-refractivity contribution in [2.24, 2.45) is 14.1 Å². The highest BCUT2D eigenvalue weighted by Crippen LogP contribution is 2.28. The van der Waals surface area contributed by atoms with E-state index in [2.05, 4.69) is 31.0 Å². The van der Waals surface area contributed by atoms with Gasteiger partial charge in [0.2, 0.25) is 5.95 Å². The SMILES string of the molecule is COc1ccc(Cl)cc1NC(=S)N1CCN(c2nc3c(c(=O)n(C)c(=O)n3C)n2Cc2ccc(Br)cc2)CC1. The molecule has 1 aliphatic heterocycles. The van der Waals surface area contributed by atoms with Crippen LogP contribution in [0.2, 0.25) is 5.02 Å². The number of rotatable bonds is 5. The van der Waals surface area contributed by atoms with Gasteiger partial charge in [-0.1, -0.05) is 39.7 Å². The topological polar surface area (TPSA) is 89.6 Å². The van der Waals surface area contributed by atoms with Crippen LogP contribution in [0.4, 0.5) is 11.6 Å². The van der Waals surface area contributed by atoms with E-state index < -0.39 is 5.69 Å². The van der Waals surface area contributed by atoms with Crippen molar-refractivity contribution >= 4 is 67.7 Å². The van der Waals surface area contributed by atoms with Crippen LogP contribution in [-0.2, 0) is 20.6 Å². The molecule has 4 aromatic rings. The second-order valence-electron chi connectivity index (χ2n) is 9.25. The number of fused-ring (bicyclic) bond motifs is 1. The summed E-state index contributed by atoms with van der Waals surface area (Å²) in [5.41, 5.74) is 1.68. The van der Waals surface area contributed by atoms with Gasteiger partial charge >= 0.3 is 5.69 Å². The molecular weight excluding hydrogens is 606 g/mol. The molecule has 0 unspecified atom stereocenters. The van der Waals surface area contributed by atoms with Gasteiger partial charge in [-0.15, -0.1) is 0 Å². The first-order chi connectivity index (χ1) is 18.7. The molecule has 0 spiro atoms. The summed E-state index contributed by atoms with van der Waals surface area (Å²) in [5.74, 6) is 1.29. The predicted molar refractivity (Wildman–Crippen MR) is 161 cm³/mol. The second-order valence-corrected chi connectivity index (χ2v) is 11.0. The predicted octanol–water partition coefficient (Wildman–Crippen LogP) is 3.43. The van der Waals surface area contributed by atoms with Crippen molar-refractivity contribution in [1.29, 1.82) is 0 Å². The van der Waals surface area contributed by atoms with Crippen LogP contribution in [-0.4, -0.2) is 62.0 Å². The highest BCUT2D eigenvalue weighted by atomic mass is 79.9. The normalized spacial score (nSPS) is 13.7. The first kappa shape index (κ1) is 27.2. The number of hydrogen-bond donors (Lipinski definition) is 1. The molecule has 0 radical (unpaired) electrons. The van der Waals surface area contributed by atoms with Crippen LogP contribution >= 0.6 is 39.7 Å². The Bertz CT molecular complexity index is 1670. The molecule has 0 bridgehead atoms. The fourth-order valence-corrected chi connectivity index (χ4v) is 5.41. The molecule has 5 rings (SSSR count). The van der Waals surface area contributed by atoms with Gasteiger partial charge < -0.3 is 19.9 Å². The molecule has 1 saturated heterocycles. The van der Waals surface area contributed by atoms with Crippen molar-refractivity contribution in [2.75, 3.05) is 43.5 Å². The fourth-order valence-electron chi connectivity index (χ4n) is 4.68. The Kier molecular flexibility index (Phi) is 7.70. The molecule has 0 saturated carbocycles.